The summed E-state index contributed by atoms with van der Waals surface area (Å²) >= 11 is 1.64. The van der Waals surface area contributed by atoms with Crippen molar-refractivity contribution >= 4 is 16.3 Å². The Morgan fingerprint density at radius 2 is 2.39 bits per heavy atom. The van der Waals surface area contributed by atoms with E-state index in [0.29, 0.717) is 6.42 Å². The molecule has 2 aromatic heterocycles. The Hall–Kier alpha value is -0.870. The number of fused-ring (bicyclic) bond motifs is 1. The first-order chi connectivity index (χ1) is 8.65. The fraction of sp³-hybridized carbons (Fsp3) is 0.643. The highest BCUT2D eigenvalue weighted by molar-refractivity contribution is 7.15. The molecule has 0 aliphatic heterocycles. The van der Waals surface area contributed by atoms with Gasteiger partial charge < -0.3 is 5.11 Å². The number of hydrogen-bond acceptors (Lipinski definition) is 3. The third-order valence-corrected chi connectivity index (χ3v) is 4.87. The molecule has 2 aromatic rings. The maximum Gasteiger partial charge on any atom is 0.193 e. The lowest BCUT2D eigenvalue weighted by molar-refractivity contribution is 0.0236. The fourth-order valence-electron chi connectivity index (χ4n) is 2.94. The van der Waals surface area contributed by atoms with Crippen molar-refractivity contribution in [3.8, 4) is 0 Å². The van der Waals surface area contributed by atoms with Gasteiger partial charge in [0.15, 0.2) is 4.96 Å². The molecule has 0 bridgehead atoms. The lowest BCUT2D eigenvalue weighted by Gasteiger charge is -2.25. The van der Waals surface area contributed by atoms with Gasteiger partial charge in [-0.3, -0.25) is 4.40 Å². The predicted octanol–water partition coefficient (Wildman–Crippen LogP) is 3.27. The van der Waals surface area contributed by atoms with Crippen LogP contribution in [0.1, 0.15) is 44.7 Å². The smallest absolute Gasteiger partial charge is 0.193 e. The minimum Gasteiger partial charge on any atom is -0.389 e. The third kappa shape index (κ3) is 2.45. The summed E-state index contributed by atoms with van der Waals surface area (Å²) in [4.78, 5) is 5.61. The van der Waals surface area contributed by atoms with Gasteiger partial charge in [0, 0.05) is 24.2 Å². The van der Waals surface area contributed by atoms with Crippen molar-refractivity contribution in [2.75, 3.05) is 0 Å². The lowest BCUT2D eigenvalue weighted by Crippen LogP contribution is -2.30. The van der Waals surface area contributed by atoms with Gasteiger partial charge in [0.25, 0.3) is 0 Å². The summed E-state index contributed by atoms with van der Waals surface area (Å²) in [6.07, 6.45) is 10.1. The first-order valence-corrected chi connectivity index (χ1v) is 7.66. The molecule has 1 N–H and O–H groups in total. The van der Waals surface area contributed by atoms with E-state index in [9.17, 15) is 5.11 Å². The molecule has 0 radical (unpaired) electrons. The van der Waals surface area contributed by atoms with E-state index in [2.05, 4.69) is 18.1 Å². The lowest BCUT2D eigenvalue weighted by atomic mass is 9.89. The van der Waals surface area contributed by atoms with E-state index in [1.807, 2.05) is 16.0 Å². The van der Waals surface area contributed by atoms with Gasteiger partial charge in [0.2, 0.25) is 0 Å². The number of imidazole rings is 1. The minimum absolute atomic E-state index is 0.533. The number of hydrogen-bond donors (Lipinski definition) is 1. The van der Waals surface area contributed by atoms with Crippen LogP contribution in [0.3, 0.4) is 0 Å². The molecule has 1 aliphatic rings. The van der Waals surface area contributed by atoms with Crippen LogP contribution >= 0.6 is 11.3 Å². The Labute approximate surface area is 111 Å². The second-order valence-electron chi connectivity index (χ2n) is 5.76. The van der Waals surface area contributed by atoms with Gasteiger partial charge in [0.1, 0.15) is 0 Å². The Morgan fingerprint density at radius 3 is 3.22 bits per heavy atom. The van der Waals surface area contributed by atoms with Gasteiger partial charge in [-0.05, 0) is 25.2 Å². The van der Waals surface area contributed by atoms with Gasteiger partial charge in [-0.2, -0.15) is 0 Å². The molecular formula is C14H20N2OS. The zero-order valence-corrected chi connectivity index (χ0v) is 11.6. The number of aliphatic hydroxyl groups is 1. The highest BCUT2D eigenvalue weighted by Crippen LogP contribution is 2.32. The van der Waals surface area contributed by atoms with Crippen LogP contribution in [-0.2, 0) is 6.42 Å². The maximum absolute atomic E-state index is 10.7. The van der Waals surface area contributed by atoms with Crippen molar-refractivity contribution in [3.05, 3.63) is 23.5 Å². The van der Waals surface area contributed by atoms with Crippen molar-refractivity contribution in [2.45, 2.75) is 51.0 Å². The summed E-state index contributed by atoms with van der Waals surface area (Å²) in [5, 5.41) is 12.8. The largest absolute Gasteiger partial charge is 0.389 e. The Balaban J connectivity index is 1.76. The standard InChI is InChI=1S/C14H20N2OS/c1-11-3-2-5-14(17,6-4-11)9-12-10-16-7-8-18-13(16)15-12/h7-8,10-11,17H,2-6,9H2,1H3. The molecule has 2 atom stereocenters. The SMILES string of the molecule is CC1CCCC(O)(Cc2cn3ccsc3n2)CC1. The number of aromatic nitrogens is 2. The number of thiazole rings is 1. The first-order valence-electron chi connectivity index (χ1n) is 6.78. The van der Waals surface area contributed by atoms with Crippen LogP contribution in [0.5, 0.6) is 0 Å². The normalized spacial score (nSPS) is 29.6. The highest BCUT2D eigenvalue weighted by Gasteiger charge is 2.30. The van der Waals surface area contributed by atoms with E-state index in [1.165, 1.54) is 6.42 Å². The molecule has 18 heavy (non-hydrogen) atoms. The van der Waals surface area contributed by atoms with E-state index >= 15 is 0 Å². The van der Waals surface area contributed by atoms with Crippen molar-refractivity contribution < 1.29 is 5.11 Å². The fourth-order valence-corrected chi connectivity index (χ4v) is 3.66. The summed E-state index contributed by atoms with van der Waals surface area (Å²) < 4.78 is 2.04. The van der Waals surface area contributed by atoms with Crippen LogP contribution in [0.25, 0.3) is 4.96 Å². The summed E-state index contributed by atoms with van der Waals surface area (Å²) in [5.41, 5.74) is 0.494. The van der Waals surface area contributed by atoms with Gasteiger partial charge in [-0.15, -0.1) is 11.3 Å². The van der Waals surface area contributed by atoms with Crippen molar-refractivity contribution in [3.63, 3.8) is 0 Å². The molecule has 0 saturated heterocycles. The summed E-state index contributed by atoms with van der Waals surface area (Å²) in [6, 6.07) is 0. The van der Waals surface area contributed by atoms with E-state index in [-0.39, 0.29) is 0 Å². The van der Waals surface area contributed by atoms with Crippen molar-refractivity contribution in [1.29, 1.82) is 0 Å². The van der Waals surface area contributed by atoms with Crippen LogP contribution in [0.4, 0.5) is 0 Å². The highest BCUT2D eigenvalue weighted by atomic mass is 32.1. The molecule has 0 aromatic carbocycles. The van der Waals surface area contributed by atoms with E-state index in [0.717, 1.165) is 42.3 Å². The Bertz CT molecular complexity index is 504. The quantitative estimate of drug-likeness (QED) is 0.845. The van der Waals surface area contributed by atoms with Crippen molar-refractivity contribution in [2.24, 2.45) is 5.92 Å². The predicted molar refractivity (Wildman–Crippen MR) is 74.0 cm³/mol. The molecule has 3 rings (SSSR count). The Kier molecular flexibility index (Phi) is 3.16. The average Bonchev–Trinajstić information content (AvgIpc) is 2.82. The van der Waals surface area contributed by atoms with E-state index in [1.54, 1.807) is 11.3 Å². The van der Waals surface area contributed by atoms with Crippen LogP contribution < -0.4 is 0 Å². The minimum atomic E-state index is -0.533. The monoisotopic (exact) mass is 264 g/mol. The van der Waals surface area contributed by atoms with Crippen molar-refractivity contribution in [1.82, 2.24) is 9.38 Å². The van der Waals surface area contributed by atoms with Crippen LogP contribution in [0.15, 0.2) is 17.8 Å². The number of rotatable bonds is 2. The molecule has 2 unspecified atom stereocenters. The molecule has 0 spiro atoms. The molecule has 3 nitrogen and oxygen atoms in total. The topological polar surface area (TPSA) is 37.5 Å². The molecule has 1 aliphatic carbocycles. The second kappa shape index (κ2) is 4.67. The molecule has 1 saturated carbocycles. The average molecular weight is 264 g/mol. The molecular weight excluding hydrogens is 244 g/mol. The molecule has 98 valence electrons. The summed E-state index contributed by atoms with van der Waals surface area (Å²) in [5.74, 6) is 0.754. The summed E-state index contributed by atoms with van der Waals surface area (Å²) in [6.45, 7) is 2.29. The van der Waals surface area contributed by atoms with Gasteiger partial charge in [0.05, 0.1) is 11.3 Å². The first kappa shape index (κ1) is 12.2. The molecule has 1 fully saturated rings. The van der Waals surface area contributed by atoms with E-state index in [4.69, 9.17) is 0 Å². The maximum atomic E-state index is 10.7. The van der Waals surface area contributed by atoms with E-state index < -0.39 is 5.60 Å². The van der Waals surface area contributed by atoms with Crippen LogP contribution in [0, 0.1) is 5.92 Å². The molecule has 0 amide bonds. The zero-order valence-electron chi connectivity index (χ0n) is 10.8. The van der Waals surface area contributed by atoms with Crippen LogP contribution in [-0.4, -0.2) is 20.1 Å². The molecule has 2 heterocycles. The van der Waals surface area contributed by atoms with Gasteiger partial charge in [-0.25, -0.2) is 4.98 Å². The second-order valence-corrected chi connectivity index (χ2v) is 6.64. The zero-order chi connectivity index (χ0) is 12.6. The summed E-state index contributed by atoms with van der Waals surface area (Å²) in [7, 11) is 0. The van der Waals surface area contributed by atoms with Gasteiger partial charge in [-0.1, -0.05) is 19.8 Å². The molecule has 4 heteroatoms. The van der Waals surface area contributed by atoms with Crippen LogP contribution in [0.2, 0.25) is 0 Å². The van der Waals surface area contributed by atoms with Gasteiger partial charge >= 0.3 is 0 Å². The Morgan fingerprint density at radius 1 is 1.50 bits per heavy atom. The third-order valence-electron chi connectivity index (χ3n) is 4.09. The number of nitrogens with zero attached hydrogens (tertiary/aromatic N) is 2.